The van der Waals surface area contributed by atoms with Crippen molar-refractivity contribution in [3.8, 4) is 11.5 Å². The van der Waals surface area contributed by atoms with Crippen molar-refractivity contribution in [3.05, 3.63) is 36.4 Å². The van der Waals surface area contributed by atoms with Crippen LogP contribution < -0.4 is 9.47 Å². The fraction of sp³-hybridized carbons (Fsp3) is 0.654. The van der Waals surface area contributed by atoms with Gasteiger partial charge in [-0.3, -0.25) is 4.79 Å². The molecule has 33 heavy (non-hydrogen) atoms. The molecule has 3 N–H and O–H groups in total. The van der Waals surface area contributed by atoms with E-state index in [9.17, 15) is 20.1 Å². The topological polar surface area (TPSA) is 96.2 Å². The molecule has 3 rings (SSSR count). The normalized spacial score (nSPS) is 28.9. The molecule has 0 radical (unpaired) electrons. The molecule has 6 nitrogen and oxygen atoms in total. The maximum Gasteiger partial charge on any atom is 0.306 e. The summed E-state index contributed by atoms with van der Waals surface area (Å²) in [7, 11) is 1.58. The van der Waals surface area contributed by atoms with Gasteiger partial charge >= 0.3 is 5.97 Å². The van der Waals surface area contributed by atoms with E-state index < -0.39 is 18.2 Å². The molecule has 1 aliphatic carbocycles. The first-order valence-electron chi connectivity index (χ1n) is 12.1. The van der Waals surface area contributed by atoms with Crippen LogP contribution >= 0.6 is 11.8 Å². The molecule has 0 spiro atoms. The highest BCUT2D eigenvalue weighted by molar-refractivity contribution is 8.00. The summed E-state index contributed by atoms with van der Waals surface area (Å²) >= 11 is 1.94. The number of carboxylic acid groups (broad SMARTS) is 1. The van der Waals surface area contributed by atoms with Gasteiger partial charge in [-0.15, -0.1) is 0 Å². The zero-order chi connectivity index (χ0) is 23.8. The number of rotatable bonds is 12. The van der Waals surface area contributed by atoms with Gasteiger partial charge < -0.3 is 24.8 Å². The van der Waals surface area contributed by atoms with Crippen LogP contribution in [0.5, 0.6) is 11.5 Å². The Hall–Kier alpha value is -1.70. The molecule has 1 heterocycles. The van der Waals surface area contributed by atoms with E-state index in [4.69, 9.17) is 9.47 Å². The molecule has 0 bridgehead atoms. The summed E-state index contributed by atoms with van der Waals surface area (Å²) in [5.74, 6) is 0.734. The van der Waals surface area contributed by atoms with E-state index in [1.54, 1.807) is 19.3 Å². The van der Waals surface area contributed by atoms with Gasteiger partial charge in [0, 0.05) is 16.4 Å². The number of benzene rings is 1. The summed E-state index contributed by atoms with van der Waals surface area (Å²) < 4.78 is 11.0. The Morgan fingerprint density at radius 3 is 2.70 bits per heavy atom. The van der Waals surface area contributed by atoms with Crippen molar-refractivity contribution in [2.45, 2.75) is 74.6 Å². The second-order valence-electron chi connectivity index (χ2n) is 9.23. The quantitative estimate of drug-likeness (QED) is 0.380. The van der Waals surface area contributed by atoms with Crippen LogP contribution in [0.4, 0.5) is 0 Å². The minimum Gasteiger partial charge on any atom is -0.493 e. The van der Waals surface area contributed by atoms with Crippen LogP contribution in [0.15, 0.2) is 36.4 Å². The Morgan fingerprint density at radius 1 is 1.24 bits per heavy atom. The minimum absolute atomic E-state index is 0.0382. The lowest BCUT2D eigenvalue weighted by atomic mass is 9.87. The van der Waals surface area contributed by atoms with Crippen LogP contribution in [0, 0.1) is 17.8 Å². The molecule has 1 aliphatic heterocycles. The maximum absolute atomic E-state index is 11.4. The van der Waals surface area contributed by atoms with Crippen molar-refractivity contribution in [1.82, 2.24) is 0 Å². The van der Waals surface area contributed by atoms with Crippen molar-refractivity contribution in [2.24, 2.45) is 17.8 Å². The number of methoxy groups -OCH3 is 1. The number of fused-ring (bicyclic) bond motifs is 1. The van der Waals surface area contributed by atoms with Gasteiger partial charge in [0.15, 0.2) is 11.5 Å². The Balaban J connectivity index is 1.48. The highest BCUT2D eigenvalue weighted by Crippen LogP contribution is 2.50. The molecule has 1 aromatic rings. The van der Waals surface area contributed by atoms with E-state index >= 15 is 0 Å². The van der Waals surface area contributed by atoms with E-state index in [-0.39, 0.29) is 18.4 Å². The number of hydrogen-bond acceptors (Lipinski definition) is 6. The molecule has 2 fully saturated rings. The SMILES string of the molecule is CCCC(CC[C@H]1CC[C@@H]2[C@@H](/C=C/[C@@H](O)COc3ccccc3OC)[C@H](O)C[C@@H]2S1)C(=O)O. The van der Waals surface area contributed by atoms with Crippen molar-refractivity contribution in [3.63, 3.8) is 0 Å². The molecule has 1 saturated heterocycles. The first-order chi connectivity index (χ1) is 15.9. The summed E-state index contributed by atoms with van der Waals surface area (Å²) in [6.45, 7) is 2.15. The first-order valence-corrected chi connectivity index (χ1v) is 13.1. The third kappa shape index (κ3) is 7.14. The number of hydrogen-bond donors (Lipinski definition) is 3. The van der Waals surface area contributed by atoms with Gasteiger partial charge in [-0.1, -0.05) is 37.6 Å². The Labute approximate surface area is 201 Å². The van der Waals surface area contributed by atoms with Crippen molar-refractivity contribution in [2.75, 3.05) is 13.7 Å². The van der Waals surface area contributed by atoms with E-state index in [0.29, 0.717) is 27.9 Å². The summed E-state index contributed by atoms with van der Waals surface area (Å²) in [5, 5.41) is 31.3. The van der Waals surface area contributed by atoms with E-state index in [1.165, 1.54) is 0 Å². The molecule has 7 atom stereocenters. The first kappa shape index (κ1) is 25.9. The van der Waals surface area contributed by atoms with Crippen LogP contribution in [0.1, 0.15) is 51.9 Å². The van der Waals surface area contributed by atoms with Crippen LogP contribution in [-0.2, 0) is 4.79 Å². The lowest BCUT2D eigenvalue weighted by Crippen LogP contribution is -2.27. The average Bonchev–Trinajstić information content (AvgIpc) is 3.12. The largest absolute Gasteiger partial charge is 0.493 e. The lowest BCUT2D eigenvalue weighted by Gasteiger charge is -2.33. The van der Waals surface area contributed by atoms with Crippen molar-refractivity contribution in [1.29, 1.82) is 0 Å². The van der Waals surface area contributed by atoms with Gasteiger partial charge in [0.1, 0.15) is 12.7 Å². The number of thioether (sulfide) groups is 1. The number of carboxylic acids is 1. The molecule has 1 saturated carbocycles. The summed E-state index contributed by atoms with van der Waals surface area (Å²) in [6, 6.07) is 7.33. The highest BCUT2D eigenvalue weighted by atomic mass is 32.2. The Morgan fingerprint density at radius 2 is 2.00 bits per heavy atom. The van der Waals surface area contributed by atoms with Crippen molar-refractivity contribution >= 4 is 17.7 Å². The number of para-hydroxylation sites is 2. The van der Waals surface area contributed by atoms with Gasteiger partial charge in [-0.2, -0.15) is 11.8 Å². The van der Waals surface area contributed by atoms with E-state index in [2.05, 4.69) is 0 Å². The lowest BCUT2D eigenvalue weighted by molar-refractivity contribution is -0.142. The predicted octanol–water partition coefficient (Wildman–Crippen LogP) is 4.53. The summed E-state index contributed by atoms with van der Waals surface area (Å²) in [6.07, 6.45) is 8.69. The number of ether oxygens (including phenoxy) is 2. The number of carbonyl (C=O) groups is 1. The minimum atomic E-state index is -0.767. The number of aliphatic hydroxyl groups excluding tert-OH is 2. The van der Waals surface area contributed by atoms with Gasteiger partial charge in [-0.05, 0) is 56.6 Å². The average molecular weight is 479 g/mol. The van der Waals surface area contributed by atoms with Crippen molar-refractivity contribution < 1.29 is 29.6 Å². The summed E-state index contributed by atoms with van der Waals surface area (Å²) in [5.41, 5.74) is 0. The van der Waals surface area contributed by atoms with E-state index in [1.807, 2.05) is 43.0 Å². The Bertz CT molecular complexity index is 784. The molecule has 1 aromatic carbocycles. The van der Waals surface area contributed by atoms with Crippen LogP contribution in [0.2, 0.25) is 0 Å². The molecular formula is C26H38O6S. The smallest absolute Gasteiger partial charge is 0.306 e. The van der Waals surface area contributed by atoms with E-state index in [0.717, 1.165) is 44.9 Å². The third-order valence-electron chi connectivity index (χ3n) is 6.94. The van der Waals surface area contributed by atoms with Crippen LogP contribution in [0.25, 0.3) is 0 Å². The van der Waals surface area contributed by atoms with Gasteiger partial charge in [0.2, 0.25) is 0 Å². The van der Waals surface area contributed by atoms with Gasteiger partial charge in [-0.25, -0.2) is 0 Å². The molecule has 7 heteroatoms. The standard InChI is InChI=1S/C26H38O6S/c1-3-6-17(26(29)30)9-11-19-12-14-21-20(22(28)15-25(21)33-19)13-10-18(27)16-32-24-8-5-4-7-23(24)31-2/h4-5,7-8,10,13,17-22,25,27-28H,3,6,9,11-12,14-16H2,1-2H3,(H,29,30)/b13-10+/t17?,18-,19+,20-,21-,22-,25+/m1/s1. The van der Waals surface area contributed by atoms with Crippen LogP contribution in [-0.4, -0.2) is 57.7 Å². The monoisotopic (exact) mass is 478 g/mol. The molecule has 0 aromatic heterocycles. The highest BCUT2D eigenvalue weighted by Gasteiger charge is 2.44. The maximum atomic E-state index is 11.4. The van der Waals surface area contributed by atoms with Gasteiger partial charge in [0.05, 0.1) is 19.1 Å². The number of aliphatic carboxylic acids is 1. The molecule has 0 amide bonds. The zero-order valence-corrected chi connectivity index (χ0v) is 20.5. The Kier molecular flexibility index (Phi) is 9.95. The zero-order valence-electron chi connectivity index (χ0n) is 19.6. The third-order valence-corrected chi connectivity index (χ3v) is 8.68. The summed E-state index contributed by atoms with van der Waals surface area (Å²) in [4.78, 5) is 11.4. The molecule has 184 valence electrons. The second kappa shape index (κ2) is 12.7. The predicted molar refractivity (Wildman–Crippen MR) is 131 cm³/mol. The second-order valence-corrected chi connectivity index (χ2v) is 10.8. The molecule has 1 unspecified atom stereocenters. The van der Waals surface area contributed by atoms with Crippen LogP contribution in [0.3, 0.4) is 0 Å². The fourth-order valence-electron chi connectivity index (χ4n) is 5.17. The van der Waals surface area contributed by atoms with Gasteiger partial charge in [0.25, 0.3) is 0 Å². The molecular weight excluding hydrogens is 440 g/mol. The number of aliphatic hydroxyl groups is 2. The molecule has 2 aliphatic rings. The fourth-order valence-corrected chi connectivity index (χ4v) is 7.03.